The van der Waals surface area contributed by atoms with Crippen LogP contribution in [0.5, 0.6) is 11.5 Å². The molecule has 152 valence electrons. The Bertz CT molecular complexity index is 890. The molecule has 1 aliphatic rings. The lowest BCUT2D eigenvalue weighted by Gasteiger charge is -2.28. The van der Waals surface area contributed by atoms with E-state index < -0.39 is 0 Å². The van der Waals surface area contributed by atoms with Crippen molar-refractivity contribution < 1.29 is 19.2 Å². The molecule has 1 aromatic heterocycles. The molecule has 1 atom stereocenters. The molecular weight excluding hydrogens is 360 g/mol. The van der Waals surface area contributed by atoms with E-state index in [1.165, 1.54) is 13.5 Å². The number of likely N-dealkylation sites (N-methyl/N-ethyl adjacent to an activating group) is 1. The van der Waals surface area contributed by atoms with Crippen LogP contribution in [0.25, 0.3) is 10.9 Å². The van der Waals surface area contributed by atoms with Gasteiger partial charge in [0, 0.05) is 19.2 Å². The molecule has 1 saturated heterocycles. The Balaban J connectivity index is 1.79. The molecule has 2 aromatic rings. The molecule has 8 heteroatoms. The minimum atomic E-state index is -0.223. The number of likely N-dealkylation sites (tertiary alicyclic amines) is 1. The molecule has 1 fully saturated rings. The number of methoxy groups -OCH3 is 2. The summed E-state index contributed by atoms with van der Waals surface area (Å²) in [7, 11) is 3.08. The molecule has 2 N–H and O–H groups in total. The molecule has 0 radical (unpaired) electrons. The van der Waals surface area contributed by atoms with Crippen LogP contribution in [0.3, 0.4) is 0 Å². The Morgan fingerprint density at radius 1 is 1.18 bits per heavy atom. The van der Waals surface area contributed by atoms with E-state index in [-0.39, 0.29) is 11.5 Å². The van der Waals surface area contributed by atoms with Gasteiger partial charge in [-0.1, -0.05) is 0 Å². The highest BCUT2D eigenvalue weighted by molar-refractivity contribution is 5.81. The highest BCUT2D eigenvalue weighted by Gasteiger charge is 2.22. The number of hydrogen-bond donors (Lipinski definition) is 2. The number of H-pyrrole nitrogens is 1. The number of hydrogen-bond acceptors (Lipinski definition) is 5. The average Bonchev–Trinajstić information content (AvgIpc) is 2.72. The number of rotatable bonds is 7. The van der Waals surface area contributed by atoms with E-state index in [0.29, 0.717) is 41.3 Å². The number of benzene rings is 1. The summed E-state index contributed by atoms with van der Waals surface area (Å²) >= 11 is 0. The lowest BCUT2D eigenvalue weighted by atomic mass is 10.1. The minimum absolute atomic E-state index is 0.172. The molecule has 1 unspecified atom stereocenters. The first kappa shape index (κ1) is 20.1. The fourth-order valence-corrected chi connectivity index (χ4v) is 3.62. The highest BCUT2D eigenvalue weighted by atomic mass is 16.5. The monoisotopic (exact) mass is 389 g/mol. The molecule has 1 aromatic carbocycles. The summed E-state index contributed by atoms with van der Waals surface area (Å²) in [6.07, 6.45) is 3.36. The summed E-state index contributed by atoms with van der Waals surface area (Å²) < 4.78 is 10.6. The molecule has 0 bridgehead atoms. The lowest BCUT2D eigenvalue weighted by molar-refractivity contribution is -0.905. The number of ether oxygens (including phenoxy) is 2. The van der Waals surface area contributed by atoms with Gasteiger partial charge >= 0.3 is 0 Å². The number of aromatic nitrogens is 2. The Morgan fingerprint density at radius 2 is 1.86 bits per heavy atom. The molecular formula is C20H29N4O4+. The van der Waals surface area contributed by atoms with Gasteiger partial charge in [-0.2, -0.15) is 0 Å². The van der Waals surface area contributed by atoms with E-state index in [9.17, 15) is 9.59 Å². The number of amides is 1. The number of carbonyl (C=O) groups is 1. The number of piperidine rings is 1. The van der Waals surface area contributed by atoms with Crippen LogP contribution in [0.15, 0.2) is 16.9 Å². The summed E-state index contributed by atoms with van der Waals surface area (Å²) in [5.74, 6) is 1.75. The van der Waals surface area contributed by atoms with E-state index in [4.69, 9.17) is 9.47 Å². The molecule has 1 aliphatic heterocycles. The quantitative estimate of drug-likeness (QED) is 0.714. The molecule has 28 heavy (non-hydrogen) atoms. The fourth-order valence-electron chi connectivity index (χ4n) is 3.62. The molecule has 8 nitrogen and oxygen atoms in total. The van der Waals surface area contributed by atoms with Crippen molar-refractivity contribution in [3.8, 4) is 11.5 Å². The van der Waals surface area contributed by atoms with Crippen LogP contribution in [0.2, 0.25) is 0 Å². The molecule has 0 saturated carbocycles. The Morgan fingerprint density at radius 3 is 2.50 bits per heavy atom. The van der Waals surface area contributed by atoms with Crippen molar-refractivity contribution in [3.63, 3.8) is 0 Å². The largest absolute Gasteiger partial charge is 0.493 e. The van der Waals surface area contributed by atoms with Crippen LogP contribution in [0, 0.1) is 0 Å². The SMILES string of the molecule is CC[NH+](CC(=O)N1CCCCC1)Cc1nc2cc(OC)c(OC)cc2c(=O)[nH]1. The summed E-state index contributed by atoms with van der Waals surface area (Å²) in [5.41, 5.74) is 0.327. The van der Waals surface area contributed by atoms with E-state index in [1.54, 1.807) is 19.2 Å². The molecule has 0 aliphatic carbocycles. The molecule has 0 spiro atoms. The second-order valence-electron chi connectivity index (χ2n) is 7.14. The number of nitrogens with one attached hydrogen (secondary N) is 2. The smallest absolute Gasteiger partial charge is 0.277 e. The van der Waals surface area contributed by atoms with E-state index >= 15 is 0 Å². The lowest BCUT2D eigenvalue weighted by Crippen LogP contribution is -3.11. The zero-order chi connectivity index (χ0) is 20.1. The first-order chi connectivity index (χ1) is 13.5. The molecule has 2 heterocycles. The Hall–Kier alpha value is -2.61. The maximum Gasteiger partial charge on any atom is 0.277 e. The predicted octanol–water partition coefficient (Wildman–Crippen LogP) is 0.358. The van der Waals surface area contributed by atoms with E-state index in [0.717, 1.165) is 37.4 Å². The van der Waals surface area contributed by atoms with Gasteiger partial charge in [-0.15, -0.1) is 0 Å². The average molecular weight is 389 g/mol. The number of fused-ring (bicyclic) bond motifs is 1. The third kappa shape index (κ3) is 4.44. The van der Waals surface area contributed by atoms with Gasteiger partial charge in [-0.05, 0) is 32.3 Å². The highest BCUT2D eigenvalue weighted by Crippen LogP contribution is 2.29. The van der Waals surface area contributed by atoms with Crippen LogP contribution in [-0.4, -0.2) is 61.2 Å². The van der Waals surface area contributed by atoms with Gasteiger partial charge < -0.3 is 24.3 Å². The third-order valence-corrected chi connectivity index (χ3v) is 5.29. The summed E-state index contributed by atoms with van der Waals surface area (Å²) in [6.45, 7) is 5.39. The van der Waals surface area contributed by atoms with Crippen LogP contribution in [0.4, 0.5) is 0 Å². The van der Waals surface area contributed by atoms with Crippen molar-refractivity contribution in [1.29, 1.82) is 0 Å². The van der Waals surface area contributed by atoms with Gasteiger partial charge in [0.05, 0.1) is 31.7 Å². The van der Waals surface area contributed by atoms with Crippen molar-refractivity contribution in [1.82, 2.24) is 14.9 Å². The number of carbonyl (C=O) groups excluding carboxylic acids is 1. The number of aromatic amines is 1. The maximum absolute atomic E-state index is 12.6. The second kappa shape index (κ2) is 9.05. The first-order valence-electron chi connectivity index (χ1n) is 9.82. The van der Waals surface area contributed by atoms with Gasteiger partial charge in [0.2, 0.25) is 0 Å². The van der Waals surface area contributed by atoms with Crippen molar-refractivity contribution in [2.24, 2.45) is 0 Å². The first-order valence-corrected chi connectivity index (χ1v) is 9.82. The Kier molecular flexibility index (Phi) is 6.51. The standard InChI is InChI=1S/C20H28N4O4/c1-4-23(13-19(25)24-8-6-5-7-9-24)12-18-21-15-11-17(28-3)16(27-2)10-14(15)20(26)22-18/h10-11H,4-9,12-13H2,1-3H3,(H,21,22,26)/p+1. The van der Waals surface area contributed by atoms with Gasteiger partial charge in [0.15, 0.2) is 23.9 Å². The van der Waals surface area contributed by atoms with Crippen LogP contribution >= 0.6 is 0 Å². The summed E-state index contributed by atoms with van der Waals surface area (Å²) in [5, 5.41) is 0.448. The van der Waals surface area contributed by atoms with E-state index in [2.05, 4.69) is 9.97 Å². The zero-order valence-electron chi connectivity index (χ0n) is 16.8. The second-order valence-corrected chi connectivity index (χ2v) is 7.14. The van der Waals surface area contributed by atoms with Gasteiger partial charge in [0.1, 0.15) is 6.54 Å². The van der Waals surface area contributed by atoms with Crippen LogP contribution < -0.4 is 19.9 Å². The predicted molar refractivity (Wildman–Crippen MR) is 106 cm³/mol. The minimum Gasteiger partial charge on any atom is -0.493 e. The van der Waals surface area contributed by atoms with Gasteiger partial charge in [0.25, 0.3) is 11.5 Å². The van der Waals surface area contributed by atoms with Gasteiger partial charge in [-0.25, -0.2) is 4.98 Å². The molecule has 1 amide bonds. The fraction of sp³-hybridized carbons (Fsp3) is 0.550. The van der Waals surface area contributed by atoms with E-state index in [1.807, 2.05) is 11.8 Å². The van der Waals surface area contributed by atoms with Crippen LogP contribution in [0.1, 0.15) is 32.0 Å². The van der Waals surface area contributed by atoms with Crippen LogP contribution in [-0.2, 0) is 11.3 Å². The summed E-state index contributed by atoms with van der Waals surface area (Å²) in [6, 6.07) is 3.34. The van der Waals surface area contributed by atoms with Crippen molar-refractivity contribution >= 4 is 16.8 Å². The number of quaternary nitrogens is 1. The van der Waals surface area contributed by atoms with Crippen molar-refractivity contribution in [2.75, 3.05) is 40.4 Å². The normalized spacial score (nSPS) is 15.5. The topological polar surface area (TPSA) is 89.0 Å². The number of nitrogens with zero attached hydrogens (tertiary/aromatic N) is 2. The van der Waals surface area contributed by atoms with Gasteiger partial charge in [-0.3, -0.25) is 9.59 Å². The van der Waals surface area contributed by atoms with Crippen molar-refractivity contribution in [3.05, 3.63) is 28.3 Å². The Labute approximate surface area is 164 Å². The third-order valence-electron chi connectivity index (χ3n) is 5.29. The van der Waals surface area contributed by atoms with Crippen molar-refractivity contribution in [2.45, 2.75) is 32.7 Å². The summed E-state index contributed by atoms with van der Waals surface area (Å²) in [4.78, 5) is 35.6. The zero-order valence-corrected chi connectivity index (χ0v) is 16.8. The molecule has 3 rings (SSSR count). The maximum atomic E-state index is 12.6.